The van der Waals surface area contributed by atoms with Crippen LogP contribution in [0.1, 0.15) is 37.2 Å². The van der Waals surface area contributed by atoms with Gasteiger partial charge in [-0.1, -0.05) is 48.3 Å². The Hall–Kier alpha value is -1.10. The van der Waals surface area contributed by atoms with E-state index in [9.17, 15) is 0 Å². The molecule has 2 N–H and O–H groups in total. The quantitative estimate of drug-likeness (QED) is 0.936. The third-order valence-corrected chi connectivity index (χ3v) is 3.44. The van der Waals surface area contributed by atoms with Crippen LogP contribution in [0.15, 0.2) is 22.7 Å². The number of aromatic nitrogens is 2. The van der Waals surface area contributed by atoms with E-state index < -0.39 is 0 Å². The maximum absolute atomic E-state index is 6.10. The first-order valence-electron chi connectivity index (χ1n) is 5.99. The maximum atomic E-state index is 6.10. The molecule has 19 heavy (non-hydrogen) atoms. The first kappa shape index (κ1) is 14.3. The molecule has 0 unspecified atom stereocenters. The fraction of sp³-hybridized carbons (Fsp3) is 0.385. The molecule has 1 heterocycles. The molecule has 6 heteroatoms. The number of nitrogens with zero attached hydrogens (tertiary/aromatic N) is 2. The lowest BCUT2D eigenvalue weighted by Gasteiger charge is -2.09. The van der Waals surface area contributed by atoms with Gasteiger partial charge in [-0.15, -0.1) is 0 Å². The lowest BCUT2D eigenvalue weighted by molar-refractivity contribution is 0.322. The fourth-order valence-electron chi connectivity index (χ4n) is 1.60. The molecule has 4 nitrogen and oxygen atoms in total. The lowest BCUT2D eigenvalue weighted by atomic mass is 10.1. The number of hydrogen-bond donors (Lipinski definition) is 1. The van der Waals surface area contributed by atoms with Crippen LogP contribution in [-0.2, 0) is 6.42 Å². The maximum Gasteiger partial charge on any atom is 0.243 e. The van der Waals surface area contributed by atoms with Gasteiger partial charge in [0.2, 0.25) is 5.89 Å². The summed E-state index contributed by atoms with van der Waals surface area (Å²) >= 11 is 12.0. The summed E-state index contributed by atoms with van der Waals surface area (Å²) in [6.45, 7) is 4.01. The molecule has 0 bridgehead atoms. The normalized spacial score (nSPS) is 12.9. The topological polar surface area (TPSA) is 64.9 Å². The van der Waals surface area contributed by atoms with Crippen LogP contribution in [0.25, 0.3) is 0 Å². The second kappa shape index (κ2) is 5.90. The molecule has 0 aliphatic rings. The molecule has 1 aromatic carbocycles. The number of rotatable bonds is 4. The molecule has 102 valence electrons. The molecule has 0 aliphatic carbocycles. The summed E-state index contributed by atoms with van der Waals surface area (Å²) in [7, 11) is 0. The van der Waals surface area contributed by atoms with E-state index >= 15 is 0 Å². The van der Waals surface area contributed by atoms with Gasteiger partial charge in [-0.2, -0.15) is 4.98 Å². The second-order valence-electron chi connectivity index (χ2n) is 4.73. The third kappa shape index (κ3) is 3.47. The highest BCUT2D eigenvalue weighted by molar-refractivity contribution is 6.35. The van der Waals surface area contributed by atoms with Gasteiger partial charge >= 0.3 is 0 Å². The van der Waals surface area contributed by atoms with Crippen molar-refractivity contribution in [2.75, 3.05) is 0 Å². The van der Waals surface area contributed by atoms with Gasteiger partial charge in [-0.25, -0.2) is 0 Å². The average Bonchev–Trinajstić information content (AvgIpc) is 2.80. The van der Waals surface area contributed by atoms with Crippen molar-refractivity contribution in [2.24, 2.45) is 11.7 Å². The van der Waals surface area contributed by atoms with E-state index in [1.54, 1.807) is 12.1 Å². The Labute approximate surface area is 121 Å². The Morgan fingerprint density at radius 2 is 2.05 bits per heavy atom. The highest BCUT2D eigenvalue weighted by Crippen LogP contribution is 2.23. The summed E-state index contributed by atoms with van der Waals surface area (Å²) in [5.74, 6) is 1.26. The van der Waals surface area contributed by atoms with Crippen molar-refractivity contribution in [1.29, 1.82) is 0 Å². The van der Waals surface area contributed by atoms with Crippen molar-refractivity contribution in [2.45, 2.75) is 26.3 Å². The zero-order valence-electron chi connectivity index (χ0n) is 10.7. The molecule has 0 amide bonds. The molecule has 0 radical (unpaired) electrons. The molecule has 2 rings (SSSR count). The van der Waals surface area contributed by atoms with Crippen molar-refractivity contribution < 1.29 is 4.52 Å². The predicted molar refractivity (Wildman–Crippen MR) is 75.3 cm³/mol. The summed E-state index contributed by atoms with van der Waals surface area (Å²) in [6, 6.07) is 5.08. The summed E-state index contributed by atoms with van der Waals surface area (Å²) in [5.41, 5.74) is 6.85. The zero-order chi connectivity index (χ0) is 14.0. The number of benzene rings is 1. The van der Waals surface area contributed by atoms with Crippen LogP contribution in [0.3, 0.4) is 0 Å². The Morgan fingerprint density at radius 3 is 2.68 bits per heavy atom. The van der Waals surface area contributed by atoms with Crippen LogP contribution in [0.4, 0.5) is 0 Å². The van der Waals surface area contributed by atoms with Crippen LogP contribution >= 0.6 is 23.2 Å². The lowest BCUT2D eigenvalue weighted by Crippen LogP contribution is -2.17. The van der Waals surface area contributed by atoms with Crippen LogP contribution in [0.2, 0.25) is 10.0 Å². The number of halogens is 2. The Bertz CT molecular complexity index is 569. The van der Waals surface area contributed by atoms with Crippen molar-refractivity contribution >= 4 is 23.2 Å². The van der Waals surface area contributed by atoms with E-state index in [0.717, 1.165) is 5.56 Å². The zero-order valence-corrected chi connectivity index (χ0v) is 12.2. The van der Waals surface area contributed by atoms with Crippen LogP contribution in [-0.4, -0.2) is 10.1 Å². The molecule has 0 aliphatic heterocycles. The molecule has 0 spiro atoms. The minimum absolute atomic E-state index is 0.243. The van der Waals surface area contributed by atoms with Gasteiger partial charge in [0, 0.05) is 16.5 Å². The highest BCUT2D eigenvalue weighted by atomic mass is 35.5. The number of hydrogen-bond acceptors (Lipinski definition) is 4. The van der Waals surface area contributed by atoms with Crippen LogP contribution < -0.4 is 5.73 Å². The Balaban J connectivity index is 2.16. The second-order valence-corrected chi connectivity index (χ2v) is 5.57. The minimum atomic E-state index is -0.248. The third-order valence-electron chi connectivity index (χ3n) is 2.85. The summed E-state index contributed by atoms with van der Waals surface area (Å²) in [4.78, 5) is 4.30. The summed E-state index contributed by atoms with van der Waals surface area (Å²) < 4.78 is 5.17. The minimum Gasteiger partial charge on any atom is -0.338 e. The molecule has 0 saturated carbocycles. The predicted octanol–water partition coefficient (Wildman–Crippen LogP) is 3.62. The first-order chi connectivity index (χ1) is 8.97. The van der Waals surface area contributed by atoms with Crippen LogP contribution in [0, 0.1) is 5.92 Å². The monoisotopic (exact) mass is 299 g/mol. The Kier molecular flexibility index (Phi) is 4.45. The van der Waals surface area contributed by atoms with Gasteiger partial charge in [0.25, 0.3) is 0 Å². The van der Waals surface area contributed by atoms with Crippen molar-refractivity contribution in [1.82, 2.24) is 10.1 Å². The van der Waals surface area contributed by atoms with E-state index in [1.807, 2.05) is 19.9 Å². The average molecular weight is 300 g/mol. The Morgan fingerprint density at radius 1 is 1.32 bits per heavy atom. The van der Waals surface area contributed by atoms with E-state index in [1.165, 1.54) is 0 Å². The van der Waals surface area contributed by atoms with Gasteiger partial charge in [0.05, 0.1) is 6.04 Å². The van der Waals surface area contributed by atoms with E-state index in [2.05, 4.69) is 10.1 Å². The molecular formula is C13H15Cl2N3O. The molecule has 2 aromatic rings. The van der Waals surface area contributed by atoms with Gasteiger partial charge in [0.15, 0.2) is 5.82 Å². The SMILES string of the molecule is CC(C)[C@@H](N)c1nc(Cc2ccc(Cl)cc2Cl)no1. The first-order valence-corrected chi connectivity index (χ1v) is 6.75. The van der Waals surface area contributed by atoms with Crippen molar-refractivity contribution in [3.8, 4) is 0 Å². The molecular weight excluding hydrogens is 285 g/mol. The standard InChI is InChI=1S/C13H15Cl2N3O/c1-7(2)12(16)13-17-11(18-19-13)5-8-3-4-9(14)6-10(8)15/h3-4,6-7,12H,5,16H2,1-2H3/t12-/m1/s1. The van der Waals surface area contributed by atoms with Gasteiger partial charge < -0.3 is 10.3 Å². The van der Waals surface area contributed by atoms with E-state index in [0.29, 0.717) is 28.2 Å². The molecule has 1 aromatic heterocycles. The van der Waals surface area contributed by atoms with E-state index in [-0.39, 0.29) is 12.0 Å². The molecule has 0 saturated heterocycles. The van der Waals surface area contributed by atoms with Crippen molar-refractivity contribution in [3.63, 3.8) is 0 Å². The molecule has 1 atom stereocenters. The molecule has 0 fully saturated rings. The summed E-state index contributed by atoms with van der Waals surface area (Å²) in [5, 5.41) is 5.11. The summed E-state index contributed by atoms with van der Waals surface area (Å²) in [6.07, 6.45) is 0.490. The highest BCUT2D eigenvalue weighted by Gasteiger charge is 2.18. The fourth-order valence-corrected chi connectivity index (χ4v) is 2.07. The van der Waals surface area contributed by atoms with Crippen molar-refractivity contribution in [3.05, 3.63) is 45.5 Å². The van der Waals surface area contributed by atoms with Crippen LogP contribution in [0.5, 0.6) is 0 Å². The smallest absolute Gasteiger partial charge is 0.243 e. The van der Waals surface area contributed by atoms with Gasteiger partial charge in [-0.3, -0.25) is 0 Å². The largest absolute Gasteiger partial charge is 0.338 e. The van der Waals surface area contributed by atoms with E-state index in [4.69, 9.17) is 33.5 Å². The number of nitrogens with two attached hydrogens (primary N) is 1. The van der Waals surface area contributed by atoms with Gasteiger partial charge in [-0.05, 0) is 23.6 Å². The van der Waals surface area contributed by atoms with Gasteiger partial charge in [0.1, 0.15) is 0 Å².